The molecular weight excluding hydrogens is 398 g/mol. The molecule has 1 atom stereocenters. The molecule has 1 aromatic rings. The summed E-state index contributed by atoms with van der Waals surface area (Å²) in [6.45, 7) is 8.86. The van der Waals surface area contributed by atoms with Crippen LogP contribution in [0.1, 0.15) is 68.7 Å². The predicted molar refractivity (Wildman–Crippen MR) is 123 cm³/mol. The van der Waals surface area contributed by atoms with Crippen molar-refractivity contribution < 1.29 is 13.2 Å². The number of carbonyl (C=O) groups excluding carboxylic acids is 1. The Balaban J connectivity index is 1.62. The summed E-state index contributed by atoms with van der Waals surface area (Å²) in [5.74, 6) is -0.0892. The second kappa shape index (κ2) is 10.1. The van der Waals surface area contributed by atoms with Gasteiger partial charge in [-0.1, -0.05) is 26.8 Å². The molecule has 0 spiro atoms. The van der Waals surface area contributed by atoms with Gasteiger partial charge in [-0.3, -0.25) is 0 Å². The van der Waals surface area contributed by atoms with E-state index in [1.807, 2.05) is 6.92 Å². The van der Waals surface area contributed by atoms with E-state index in [0.717, 1.165) is 76.7 Å². The summed E-state index contributed by atoms with van der Waals surface area (Å²) in [5, 5.41) is 2.91. The molecule has 0 aliphatic heterocycles. The summed E-state index contributed by atoms with van der Waals surface area (Å²) in [7, 11) is -3.69. The van der Waals surface area contributed by atoms with Gasteiger partial charge in [-0.25, -0.2) is 17.9 Å². The van der Waals surface area contributed by atoms with Crippen molar-refractivity contribution in [3.8, 4) is 0 Å². The Morgan fingerprint density at radius 1 is 1.03 bits per heavy atom. The molecule has 2 amide bonds. The molecule has 30 heavy (non-hydrogen) atoms. The van der Waals surface area contributed by atoms with Crippen molar-refractivity contribution in [3.63, 3.8) is 0 Å². The van der Waals surface area contributed by atoms with Crippen LogP contribution < -0.4 is 10.0 Å². The summed E-state index contributed by atoms with van der Waals surface area (Å²) in [6, 6.07) is 1.67. The standard InChI is InChI=1S/C23H37N3O3S/c1-4-12-26(13-5-2)15-17(3)16-30(28,29)25-23(27)24-22-20-10-6-8-18(20)14-19-9-7-11-21(19)22/h14,17H,4-13,15-16H2,1-3H3,(H2,24,25,27). The lowest BCUT2D eigenvalue weighted by atomic mass is 9.99. The number of hydrogen-bond donors (Lipinski definition) is 2. The first-order valence-electron chi connectivity index (χ1n) is 11.5. The lowest BCUT2D eigenvalue weighted by Gasteiger charge is -2.24. The summed E-state index contributed by atoms with van der Waals surface area (Å²) in [5.41, 5.74) is 5.90. The average molecular weight is 436 g/mol. The topological polar surface area (TPSA) is 78.5 Å². The van der Waals surface area contributed by atoms with Crippen molar-refractivity contribution in [2.24, 2.45) is 5.92 Å². The van der Waals surface area contributed by atoms with Crippen molar-refractivity contribution in [2.75, 3.05) is 30.7 Å². The first-order valence-corrected chi connectivity index (χ1v) is 13.2. The Hall–Kier alpha value is -1.60. The van der Waals surface area contributed by atoms with E-state index < -0.39 is 16.1 Å². The first-order chi connectivity index (χ1) is 14.3. The van der Waals surface area contributed by atoms with E-state index in [1.54, 1.807) is 0 Å². The summed E-state index contributed by atoms with van der Waals surface area (Å²) < 4.78 is 27.5. The largest absolute Gasteiger partial charge is 0.332 e. The molecule has 0 aromatic heterocycles. The third-order valence-electron chi connectivity index (χ3n) is 6.11. The van der Waals surface area contributed by atoms with Gasteiger partial charge in [0.15, 0.2) is 0 Å². The molecule has 2 N–H and O–H groups in total. The molecular formula is C23H37N3O3S. The number of amides is 2. The Kier molecular flexibility index (Phi) is 7.80. The van der Waals surface area contributed by atoms with Gasteiger partial charge >= 0.3 is 6.03 Å². The average Bonchev–Trinajstić information content (AvgIpc) is 3.29. The van der Waals surface area contributed by atoms with Crippen LogP contribution in [-0.4, -0.2) is 44.7 Å². The van der Waals surface area contributed by atoms with Gasteiger partial charge in [0.2, 0.25) is 10.0 Å². The van der Waals surface area contributed by atoms with E-state index in [1.165, 1.54) is 22.3 Å². The number of carbonyl (C=O) groups is 1. The van der Waals surface area contributed by atoms with Crippen LogP contribution in [0.4, 0.5) is 10.5 Å². The summed E-state index contributed by atoms with van der Waals surface area (Å²) in [4.78, 5) is 14.9. The van der Waals surface area contributed by atoms with Crippen LogP contribution in [0.25, 0.3) is 0 Å². The van der Waals surface area contributed by atoms with Crippen LogP contribution in [0.2, 0.25) is 0 Å². The molecule has 168 valence electrons. The molecule has 0 radical (unpaired) electrons. The van der Waals surface area contributed by atoms with Crippen LogP contribution >= 0.6 is 0 Å². The van der Waals surface area contributed by atoms with Gasteiger partial charge in [-0.2, -0.15) is 0 Å². The maximum atomic E-state index is 12.6. The molecule has 1 unspecified atom stereocenters. The second-order valence-electron chi connectivity index (χ2n) is 8.98. The van der Waals surface area contributed by atoms with Gasteiger partial charge in [0.25, 0.3) is 0 Å². The molecule has 0 heterocycles. The molecule has 3 rings (SSSR count). The number of aryl methyl sites for hydroxylation is 2. The number of benzene rings is 1. The van der Waals surface area contributed by atoms with Gasteiger partial charge in [-0.05, 0) is 92.6 Å². The number of nitrogens with zero attached hydrogens (tertiary/aromatic N) is 1. The number of hydrogen-bond acceptors (Lipinski definition) is 4. The van der Waals surface area contributed by atoms with E-state index in [9.17, 15) is 13.2 Å². The van der Waals surface area contributed by atoms with Crippen molar-refractivity contribution in [2.45, 2.75) is 72.1 Å². The zero-order chi connectivity index (χ0) is 21.7. The number of fused-ring (bicyclic) bond motifs is 2. The molecule has 2 aliphatic rings. The predicted octanol–water partition coefficient (Wildman–Crippen LogP) is 3.87. The Bertz CT molecular complexity index is 829. The Morgan fingerprint density at radius 3 is 2.13 bits per heavy atom. The molecule has 0 fully saturated rings. The fraction of sp³-hybridized carbons (Fsp3) is 0.696. The van der Waals surface area contributed by atoms with Crippen molar-refractivity contribution in [1.29, 1.82) is 0 Å². The Labute approximate surface area is 181 Å². The number of urea groups is 1. The summed E-state index contributed by atoms with van der Waals surface area (Å²) >= 11 is 0. The minimum absolute atomic E-state index is 0.0429. The number of rotatable bonds is 10. The van der Waals surface area contributed by atoms with Gasteiger partial charge < -0.3 is 10.2 Å². The molecule has 1 aromatic carbocycles. The highest BCUT2D eigenvalue weighted by Gasteiger charge is 2.26. The normalized spacial score (nSPS) is 16.4. The quantitative estimate of drug-likeness (QED) is 0.585. The lowest BCUT2D eigenvalue weighted by molar-refractivity contribution is 0.245. The first kappa shape index (κ1) is 23.1. The fourth-order valence-corrected chi connectivity index (χ4v) is 6.36. The lowest BCUT2D eigenvalue weighted by Crippen LogP contribution is -2.40. The van der Waals surface area contributed by atoms with E-state index >= 15 is 0 Å². The second-order valence-corrected chi connectivity index (χ2v) is 10.7. The molecule has 0 saturated carbocycles. The number of anilines is 1. The Morgan fingerprint density at radius 2 is 1.60 bits per heavy atom. The van der Waals surface area contributed by atoms with Crippen molar-refractivity contribution in [3.05, 3.63) is 28.3 Å². The molecule has 0 bridgehead atoms. The van der Waals surface area contributed by atoms with Crippen LogP contribution in [-0.2, 0) is 35.7 Å². The summed E-state index contributed by atoms with van der Waals surface area (Å²) in [6.07, 6.45) is 8.27. The molecule has 7 heteroatoms. The third-order valence-corrected chi connectivity index (χ3v) is 7.62. The molecule has 2 aliphatic carbocycles. The minimum Gasteiger partial charge on any atom is -0.307 e. The fourth-order valence-electron chi connectivity index (χ4n) is 5.08. The highest BCUT2D eigenvalue weighted by atomic mass is 32.2. The van der Waals surface area contributed by atoms with Gasteiger partial charge in [0, 0.05) is 12.2 Å². The minimum atomic E-state index is -3.69. The molecule has 0 saturated heterocycles. The maximum absolute atomic E-state index is 12.6. The zero-order valence-electron chi connectivity index (χ0n) is 18.7. The molecule has 6 nitrogen and oxygen atoms in total. The zero-order valence-corrected chi connectivity index (χ0v) is 19.5. The van der Waals surface area contributed by atoms with E-state index in [-0.39, 0.29) is 11.7 Å². The third kappa shape index (κ3) is 5.76. The van der Waals surface area contributed by atoms with Crippen LogP contribution in [0.15, 0.2) is 6.07 Å². The van der Waals surface area contributed by atoms with Gasteiger partial charge in [-0.15, -0.1) is 0 Å². The monoisotopic (exact) mass is 435 g/mol. The van der Waals surface area contributed by atoms with E-state index in [4.69, 9.17) is 0 Å². The highest BCUT2D eigenvalue weighted by Crippen LogP contribution is 2.38. The van der Waals surface area contributed by atoms with Gasteiger partial charge in [0.1, 0.15) is 0 Å². The van der Waals surface area contributed by atoms with Crippen LogP contribution in [0.5, 0.6) is 0 Å². The number of sulfonamides is 1. The smallest absolute Gasteiger partial charge is 0.307 e. The van der Waals surface area contributed by atoms with Crippen LogP contribution in [0, 0.1) is 5.92 Å². The van der Waals surface area contributed by atoms with Crippen LogP contribution in [0.3, 0.4) is 0 Å². The number of nitrogens with one attached hydrogen (secondary N) is 2. The van der Waals surface area contributed by atoms with E-state index in [0.29, 0.717) is 0 Å². The van der Waals surface area contributed by atoms with Crippen molar-refractivity contribution >= 4 is 21.7 Å². The maximum Gasteiger partial charge on any atom is 0.332 e. The highest BCUT2D eigenvalue weighted by molar-refractivity contribution is 7.90. The van der Waals surface area contributed by atoms with E-state index in [2.05, 4.69) is 34.9 Å². The van der Waals surface area contributed by atoms with Crippen molar-refractivity contribution in [1.82, 2.24) is 9.62 Å². The SMILES string of the molecule is CCCN(CCC)CC(C)CS(=O)(=O)NC(=O)Nc1c2c(cc3c1CCC3)CCC2. The van der Waals surface area contributed by atoms with Gasteiger partial charge in [0.05, 0.1) is 5.75 Å².